The molecule has 0 radical (unpaired) electrons. The normalized spacial score (nSPS) is 12.0. The molecule has 1 amide bonds. The first-order chi connectivity index (χ1) is 10.7. The number of sulfonamides is 1. The molecular formula is C12H9F3N4O3S. The maximum absolute atomic E-state index is 12.6. The van der Waals surface area contributed by atoms with E-state index in [1.165, 1.54) is 12.4 Å². The van der Waals surface area contributed by atoms with Gasteiger partial charge in [-0.3, -0.25) is 15.2 Å². The van der Waals surface area contributed by atoms with Gasteiger partial charge in [0.15, 0.2) is 0 Å². The molecule has 0 bridgehead atoms. The minimum absolute atomic E-state index is 0.167. The van der Waals surface area contributed by atoms with E-state index < -0.39 is 32.6 Å². The van der Waals surface area contributed by atoms with Crippen LogP contribution in [0.1, 0.15) is 16.1 Å². The van der Waals surface area contributed by atoms with Crippen LogP contribution >= 0.6 is 0 Å². The number of hydrogen-bond acceptors (Lipinski definition) is 5. The summed E-state index contributed by atoms with van der Waals surface area (Å²) in [5.74, 6) is -0.909. The molecule has 1 aromatic heterocycles. The molecule has 1 aromatic carbocycles. The molecule has 2 N–H and O–H groups in total. The Balaban J connectivity index is 2.15. The molecule has 0 spiro atoms. The Morgan fingerprint density at radius 3 is 2.52 bits per heavy atom. The average Bonchev–Trinajstić information content (AvgIpc) is 2.53. The number of hydrogen-bond donors (Lipinski definition) is 2. The minimum Gasteiger partial charge on any atom is -0.272 e. The zero-order valence-electron chi connectivity index (χ0n) is 11.2. The van der Waals surface area contributed by atoms with Gasteiger partial charge in [0.05, 0.1) is 16.7 Å². The first-order valence-corrected chi connectivity index (χ1v) is 7.44. The van der Waals surface area contributed by atoms with Gasteiger partial charge in [0, 0.05) is 12.4 Å². The van der Waals surface area contributed by atoms with Crippen LogP contribution in [-0.2, 0) is 16.2 Å². The molecule has 0 atom stereocenters. The van der Waals surface area contributed by atoms with Crippen molar-refractivity contribution < 1.29 is 26.4 Å². The molecule has 0 saturated heterocycles. The lowest BCUT2D eigenvalue weighted by Crippen LogP contribution is -2.41. The second kappa shape index (κ2) is 6.30. The summed E-state index contributed by atoms with van der Waals surface area (Å²) >= 11 is 0. The van der Waals surface area contributed by atoms with E-state index in [4.69, 9.17) is 0 Å². The third-order valence-electron chi connectivity index (χ3n) is 2.57. The summed E-state index contributed by atoms with van der Waals surface area (Å²) in [6, 6.07) is 3.10. The Labute approximate surface area is 128 Å². The number of hydrazine groups is 1. The van der Waals surface area contributed by atoms with Gasteiger partial charge in [0.25, 0.3) is 15.9 Å². The fourth-order valence-corrected chi connectivity index (χ4v) is 2.38. The Hall–Kier alpha value is -2.53. The molecule has 2 aromatic rings. The van der Waals surface area contributed by atoms with Crippen LogP contribution in [0.3, 0.4) is 0 Å². The number of nitrogens with one attached hydrogen (secondary N) is 2. The highest BCUT2D eigenvalue weighted by molar-refractivity contribution is 7.89. The molecule has 0 fully saturated rings. The molecule has 122 valence electrons. The standard InChI is InChI=1S/C12H9F3N4O3S/c13-12(14,15)8-2-1-3-9(6-8)23(21,22)19-18-11(20)10-7-16-4-5-17-10/h1-7,19H,(H,18,20). The minimum atomic E-state index is -4.69. The number of alkyl halides is 3. The van der Waals surface area contributed by atoms with Gasteiger partial charge in [-0.05, 0) is 18.2 Å². The number of halogens is 3. The van der Waals surface area contributed by atoms with Gasteiger partial charge in [0.1, 0.15) is 5.69 Å². The summed E-state index contributed by atoms with van der Waals surface area (Å²) in [6.45, 7) is 0. The number of aromatic nitrogens is 2. The fraction of sp³-hybridized carbons (Fsp3) is 0.0833. The van der Waals surface area contributed by atoms with E-state index in [0.717, 1.165) is 24.4 Å². The molecule has 0 aliphatic carbocycles. The highest BCUT2D eigenvalue weighted by atomic mass is 32.2. The fourth-order valence-electron chi connectivity index (χ4n) is 1.49. The molecule has 0 saturated carbocycles. The van der Waals surface area contributed by atoms with Gasteiger partial charge in [0.2, 0.25) is 0 Å². The van der Waals surface area contributed by atoms with E-state index >= 15 is 0 Å². The van der Waals surface area contributed by atoms with Crippen molar-refractivity contribution in [2.24, 2.45) is 0 Å². The summed E-state index contributed by atoms with van der Waals surface area (Å²) in [7, 11) is -4.38. The van der Waals surface area contributed by atoms with Gasteiger partial charge < -0.3 is 0 Å². The molecule has 7 nitrogen and oxygen atoms in total. The Morgan fingerprint density at radius 1 is 1.17 bits per heavy atom. The first kappa shape index (κ1) is 16.8. The monoisotopic (exact) mass is 346 g/mol. The summed E-state index contributed by atoms with van der Waals surface area (Å²) in [5.41, 5.74) is 0.543. The van der Waals surface area contributed by atoms with Gasteiger partial charge in [-0.15, -0.1) is 4.83 Å². The zero-order valence-corrected chi connectivity index (χ0v) is 12.0. The van der Waals surface area contributed by atoms with Crippen LogP contribution in [-0.4, -0.2) is 24.3 Å². The van der Waals surface area contributed by atoms with Gasteiger partial charge >= 0.3 is 6.18 Å². The first-order valence-electron chi connectivity index (χ1n) is 5.95. The Kier molecular flexibility index (Phi) is 4.61. The summed E-state index contributed by atoms with van der Waals surface area (Å²) < 4.78 is 61.6. The van der Waals surface area contributed by atoms with E-state index in [-0.39, 0.29) is 5.69 Å². The molecule has 2 rings (SSSR count). The number of carbonyl (C=O) groups is 1. The Bertz CT molecular complexity index is 810. The lowest BCUT2D eigenvalue weighted by Gasteiger charge is -2.10. The number of carbonyl (C=O) groups excluding carboxylic acids is 1. The highest BCUT2D eigenvalue weighted by Crippen LogP contribution is 2.30. The van der Waals surface area contributed by atoms with Crippen LogP contribution in [0.15, 0.2) is 47.8 Å². The van der Waals surface area contributed by atoms with Gasteiger partial charge in [-0.1, -0.05) is 6.07 Å². The van der Waals surface area contributed by atoms with Crippen LogP contribution in [0.5, 0.6) is 0 Å². The van der Waals surface area contributed by atoms with E-state index in [1.54, 1.807) is 4.83 Å². The molecule has 0 unspecified atom stereocenters. The number of rotatable bonds is 4. The average molecular weight is 346 g/mol. The largest absolute Gasteiger partial charge is 0.416 e. The maximum atomic E-state index is 12.6. The second-order valence-corrected chi connectivity index (χ2v) is 5.86. The molecular weight excluding hydrogens is 337 g/mol. The van der Waals surface area contributed by atoms with E-state index in [0.29, 0.717) is 6.07 Å². The van der Waals surface area contributed by atoms with Crippen molar-refractivity contribution >= 4 is 15.9 Å². The quantitative estimate of drug-likeness (QED) is 0.808. The van der Waals surface area contributed by atoms with Gasteiger partial charge in [-0.25, -0.2) is 13.4 Å². The lowest BCUT2D eigenvalue weighted by molar-refractivity contribution is -0.137. The number of benzene rings is 1. The summed E-state index contributed by atoms with van der Waals surface area (Å²) in [4.78, 5) is 19.9. The predicted octanol–water partition coefficient (Wildman–Crippen LogP) is 1.12. The molecule has 0 aliphatic rings. The van der Waals surface area contributed by atoms with E-state index in [2.05, 4.69) is 9.97 Å². The predicted molar refractivity (Wildman–Crippen MR) is 71.3 cm³/mol. The van der Waals surface area contributed by atoms with Crippen LogP contribution in [0, 0.1) is 0 Å². The molecule has 23 heavy (non-hydrogen) atoms. The topological polar surface area (TPSA) is 101 Å². The van der Waals surface area contributed by atoms with Crippen molar-refractivity contribution in [3.8, 4) is 0 Å². The van der Waals surface area contributed by atoms with Crippen LogP contribution in [0.2, 0.25) is 0 Å². The highest BCUT2D eigenvalue weighted by Gasteiger charge is 2.31. The SMILES string of the molecule is O=C(NNS(=O)(=O)c1cccc(C(F)(F)F)c1)c1cnccn1. The van der Waals surface area contributed by atoms with Crippen LogP contribution in [0.25, 0.3) is 0 Å². The van der Waals surface area contributed by atoms with Crippen LogP contribution in [0.4, 0.5) is 13.2 Å². The lowest BCUT2D eigenvalue weighted by atomic mass is 10.2. The van der Waals surface area contributed by atoms with Crippen molar-refractivity contribution in [2.45, 2.75) is 11.1 Å². The number of nitrogens with zero attached hydrogens (tertiary/aromatic N) is 2. The van der Waals surface area contributed by atoms with Crippen molar-refractivity contribution in [3.05, 3.63) is 54.1 Å². The van der Waals surface area contributed by atoms with Crippen molar-refractivity contribution in [1.82, 2.24) is 20.2 Å². The smallest absolute Gasteiger partial charge is 0.272 e. The summed E-state index contributed by atoms with van der Waals surface area (Å²) in [5, 5.41) is 0. The molecule has 0 aliphatic heterocycles. The molecule has 1 heterocycles. The number of amides is 1. The van der Waals surface area contributed by atoms with Gasteiger partial charge in [-0.2, -0.15) is 13.2 Å². The third kappa shape index (κ3) is 4.23. The van der Waals surface area contributed by atoms with Crippen LogP contribution < -0.4 is 10.3 Å². The Morgan fingerprint density at radius 2 is 1.91 bits per heavy atom. The zero-order chi connectivity index (χ0) is 17.1. The van der Waals surface area contributed by atoms with E-state index in [1.807, 2.05) is 5.43 Å². The van der Waals surface area contributed by atoms with E-state index in [9.17, 15) is 26.4 Å². The third-order valence-corrected chi connectivity index (χ3v) is 3.81. The maximum Gasteiger partial charge on any atom is 0.416 e. The second-order valence-electron chi connectivity index (χ2n) is 4.18. The summed E-state index contributed by atoms with van der Waals surface area (Å²) in [6.07, 6.45) is -1.07. The van der Waals surface area contributed by atoms with Crippen molar-refractivity contribution in [1.29, 1.82) is 0 Å². The van der Waals surface area contributed by atoms with Crippen molar-refractivity contribution in [3.63, 3.8) is 0 Å². The van der Waals surface area contributed by atoms with Crippen molar-refractivity contribution in [2.75, 3.05) is 0 Å². The molecule has 11 heteroatoms.